The van der Waals surface area contributed by atoms with E-state index in [-0.39, 0.29) is 29.7 Å². The lowest BCUT2D eigenvalue weighted by molar-refractivity contribution is 0.441. The number of aliphatic imine (C=N–C) groups is 1. The molecule has 0 bridgehead atoms. The minimum Gasteiger partial charge on any atom is -0.355 e. The van der Waals surface area contributed by atoms with Crippen LogP contribution in [0, 0.1) is 0 Å². The van der Waals surface area contributed by atoms with E-state index in [9.17, 15) is 8.42 Å². The van der Waals surface area contributed by atoms with Gasteiger partial charge in [-0.1, -0.05) is 54.6 Å². The lowest BCUT2D eigenvalue weighted by atomic mass is 10.00. The number of sulfonamides is 1. The van der Waals surface area contributed by atoms with Crippen molar-refractivity contribution in [3.05, 3.63) is 71.8 Å². The van der Waals surface area contributed by atoms with Crippen molar-refractivity contribution < 1.29 is 8.42 Å². The maximum Gasteiger partial charge on any atom is 0.236 e. The molecule has 2 aromatic carbocycles. The van der Waals surface area contributed by atoms with Crippen molar-refractivity contribution in [3.63, 3.8) is 0 Å². The van der Waals surface area contributed by atoms with Gasteiger partial charge in [0.15, 0.2) is 5.96 Å². The van der Waals surface area contributed by atoms with E-state index in [2.05, 4.69) is 45.6 Å². The van der Waals surface area contributed by atoms with Crippen LogP contribution in [0.5, 0.6) is 0 Å². The molecule has 0 saturated heterocycles. The monoisotopic (exact) mass is 552 g/mol. The predicted molar refractivity (Wildman–Crippen MR) is 139 cm³/mol. The second-order valence-corrected chi connectivity index (χ2v) is 9.55. The van der Waals surface area contributed by atoms with Gasteiger partial charge in [-0.25, -0.2) is 8.42 Å². The molecular weight excluding hydrogens is 523 g/mol. The largest absolute Gasteiger partial charge is 0.355 e. The second-order valence-electron chi connectivity index (χ2n) is 7.53. The fourth-order valence-electron chi connectivity index (χ4n) is 4.11. The molecule has 0 aliphatic carbocycles. The van der Waals surface area contributed by atoms with Gasteiger partial charge in [-0.2, -0.15) is 0 Å². The smallest absolute Gasteiger partial charge is 0.236 e. The van der Waals surface area contributed by atoms with Gasteiger partial charge in [0.05, 0.1) is 11.4 Å². The zero-order valence-electron chi connectivity index (χ0n) is 17.7. The normalized spacial score (nSPS) is 16.4. The van der Waals surface area contributed by atoms with Crippen LogP contribution in [0.15, 0.2) is 65.7 Å². The molecule has 0 aromatic heterocycles. The summed E-state index contributed by atoms with van der Waals surface area (Å²) in [4.78, 5) is 6.51. The van der Waals surface area contributed by atoms with E-state index in [4.69, 9.17) is 0 Å². The molecule has 0 fully saturated rings. The highest BCUT2D eigenvalue weighted by Crippen LogP contribution is 2.29. The molecule has 4 rings (SSSR count). The molecule has 0 amide bonds. The number of rotatable bonds is 5. The molecule has 2 aliphatic heterocycles. The molecule has 0 radical (unpaired) electrons. The minimum atomic E-state index is -3.37. The van der Waals surface area contributed by atoms with Gasteiger partial charge in [0.25, 0.3) is 0 Å². The van der Waals surface area contributed by atoms with Gasteiger partial charge in [0, 0.05) is 33.2 Å². The Morgan fingerprint density at radius 2 is 1.77 bits per heavy atom. The van der Waals surface area contributed by atoms with Crippen LogP contribution < -0.4 is 9.62 Å². The highest BCUT2D eigenvalue weighted by atomic mass is 127. The Morgan fingerprint density at radius 3 is 2.48 bits per heavy atom. The summed E-state index contributed by atoms with van der Waals surface area (Å²) in [6.07, 6.45) is 3.94. The third-order valence-electron chi connectivity index (χ3n) is 5.69. The maximum absolute atomic E-state index is 12.9. The number of fused-ring (bicyclic) bond motifs is 1. The van der Waals surface area contributed by atoms with Crippen molar-refractivity contribution in [1.82, 2.24) is 10.2 Å². The van der Waals surface area contributed by atoms with Crippen molar-refractivity contribution in [2.24, 2.45) is 4.99 Å². The molecule has 0 spiro atoms. The lowest BCUT2D eigenvalue weighted by Gasteiger charge is -2.30. The fourth-order valence-corrected chi connectivity index (χ4v) is 5.53. The van der Waals surface area contributed by atoms with Gasteiger partial charge in [-0.3, -0.25) is 9.30 Å². The summed E-state index contributed by atoms with van der Waals surface area (Å²) >= 11 is 0. The van der Waals surface area contributed by atoms with Crippen LogP contribution >= 0.6 is 24.0 Å². The van der Waals surface area contributed by atoms with E-state index in [1.165, 1.54) is 11.1 Å². The summed E-state index contributed by atoms with van der Waals surface area (Å²) in [7, 11) is -1.63. The number of benzene rings is 2. The summed E-state index contributed by atoms with van der Waals surface area (Å²) in [6.45, 7) is 2.47. The average molecular weight is 552 g/mol. The fraction of sp³-hybridized carbons (Fsp3) is 0.348. The van der Waals surface area contributed by atoms with Gasteiger partial charge in [0.1, 0.15) is 0 Å². The highest BCUT2D eigenvalue weighted by molar-refractivity contribution is 14.0. The molecule has 8 heteroatoms. The van der Waals surface area contributed by atoms with Crippen LogP contribution in [0.2, 0.25) is 0 Å². The first kappa shape index (κ1) is 23.6. The number of nitrogens with one attached hydrogen (secondary N) is 1. The molecule has 2 aromatic rings. The minimum absolute atomic E-state index is 0. The van der Waals surface area contributed by atoms with E-state index in [0.29, 0.717) is 13.1 Å². The molecule has 166 valence electrons. The zero-order chi connectivity index (χ0) is 21.0. The summed E-state index contributed by atoms with van der Waals surface area (Å²) in [5, 5.41) is 3.24. The molecule has 1 N–H and O–H groups in total. The third-order valence-corrected chi connectivity index (χ3v) is 7.46. The first-order valence-electron chi connectivity index (χ1n) is 10.4. The van der Waals surface area contributed by atoms with Crippen LogP contribution in [-0.4, -0.2) is 58.3 Å². The average Bonchev–Trinajstić information content (AvgIpc) is 3.23. The Hall–Kier alpha value is -2.07. The Bertz CT molecular complexity index is 1050. The second kappa shape index (κ2) is 10.5. The van der Waals surface area contributed by atoms with Crippen LogP contribution in [0.25, 0.3) is 5.57 Å². The van der Waals surface area contributed by atoms with E-state index >= 15 is 0 Å². The van der Waals surface area contributed by atoms with E-state index < -0.39 is 10.0 Å². The number of hydrogen-bond donors (Lipinski definition) is 1. The SMILES string of the molecule is CN=C(NCCS(=O)(=O)N1CCc2ccccc21)N1CC=C(c2ccccc2)CC1.I. The Labute approximate surface area is 202 Å². The number of para-hydroxylation sites is 1. The van der Waals surface area contributed by atoms with Crippen molar-refractivity contribution in [1.29, 1.82) is 0 Å². The molecular formula is C23H29IN4O2S. The number of guanidine groups is 1. The van der Waals surface area contributed by atoms with Gasteiger partial charge in [0.2, 0.25) is 10.0 Å². The maximum atomic E-state index is 12.9. The van der Waals surface area contributed by atoms with E-state index in [1.54, 1.807) is 11.4 Å². The van der Waals surface area contributed by atoms with Crippen molar-refractivity contribution in [3.8, 4) is 0 Å². The Morgan fingerprint density at radius 1 is 1.03 bits per heavy atom. The standard InChI is InChI=1S/C23H28N4O2S.HI/c1-24-23(26-15-11-20(12-16-26)19-7-3-2-4-8-19)25-14-18-30(28,29)27-17-13-21-9-5-6-10-22(21)27;/h2-11H,12-18H2,1H3,(H,24,25);1H. The summed E-state index contributed by atoms with van der Waals surface area (Å²) in [5.41, 5.74) is 4.52. The van der Waals surface area contributed by atoms with Crippen molar-refractivity contribution in [2.45, 2.75) is 12.8 Å². The predicted octanol–water partition coefficient (Wildman–Crippen LogP) is 3.36. The van der Waals surface area contributed by atoms with Crippen molar-refractivity contribution in [2.75, 3.05) is 43.3 Å². The van der Waals surface area contributed by atoms with E-state index in [1.807, 2.05) is 30.3 Å². The first-order chi connectivity index (χ1) is 14.6. The van der Waals surface area contributed by atoms with Crippen LogP contribution in [0.3, 0.4) is 0 Å². The zero-order valence-corrected chi connectivity index (χ0v) is 20.8. The molecule has 0 unspecified atom stereocenters. The topological polar surface area (TPSA) is 65.0 Å². The molecule has 0 atom stereocenters. The summed E-state index contributed by atoms with van der Waals surface area (Å²) in [6, 6.07) is 18.1. The van der Waals surface area contributed by atoms with Crippen LogP contribution in [0.1, 0.15) is 17.5 Å². The highest BCUT2D eigenvalue weighted by Gasteiger charge is 2.28. The number of hydrogen-bond acceptors (Lipinski definition) is 3. The molecule has 0 saturated carbocycles. The van der Waals surface area contributed by atoms with Gasteiger partial charge < -0.3 is 10.2 Å². The number of anilines is 1. The number of halogens is 1. The quantitative estimate of drug-likeness (QED) is 0.351. The molecule has 2 heterocycles. The van der Waals surface area contributed by atoms with Gasteiger partial charge in [-0.05, 0) is 35.6 Å². The van der Waals surface area contributed by atoms with Crippen LogP contribution in [-0.2, 0) is 16.4 Å². The first-order valence-corrected chi connectivity index (χ1v) is 12.0. The Kier molecular flexibility index (Phi) is 7.99. The molecule has 6 nitrogen and oxygen atoms in total. The molecule has 2 aliphatic rings. The molecule has 31 heavy (non-hydrogen) atoms. The van der Waals surface area contributed by atoms with Gasteiger partial charge in [-0.15, -0.1) is 24.0 Å². The summed E-state index contributed by atoms with van der Waals surface area (Å²) < 4.78 is 27.3. The third kappa shape index (κ3) is 5.41. The van der Waals surface area contributed by atoms with Crippen molar-refractivity contribution >= 4 is 51.2 Å². The summed E-state index contributed by atoms with van der Waals surface area (Å²) in [5.74, 6) is 0.787. The lowest BCUT2D eigenvalue weighted by Crippen LogP contribution is -2.45. The number of nitrogens with zero attached hydrogens (tertiary/aromatic N) is 3. The van der Waals surface area contributed by atoms with Gasteiger partial charge >= 0.3 is 0 Å². The van der Waals surface area contributed by atoms with E-state index in [0.717, 1.165) is 43.1 Å². The van der Waals surface area contributed by atoms with Crippen LogP contribution in [0.4, 0.5) is 5.69 Å². The Balaban J connectivity index is 0.00000272.